The van der Waals surface area contributed by atoms with Crippen LogP contribution in [0.3, 0.4) is 0 Å². The van der Waals surface area contributed by atoms with Crippen LogP contribution in [-0.2, 0) is 27.2 Å². The average molecular weight is 435 g/mol. The molecule has 2 aromatic carbocycles. The largest absolute Gasteiger partial charge is 0.486 e. The Kier molecular flexibility index (Phi) is 7.68. The Morgan fingerprint density at radius 2 is 1.71 bits per heavy atom. The summed E-state index contributed by atoms with van der Waals surface area (Å²) in [5.41, 5.74) is 1.29. The van der Waals surface area contributed by atoms with Crippen molar-refractivity contribution in [1.82, 2.24) is 0 Å². The maximum Gasteiger partial charge on any atom is 0.416 e. The van der Waals surface area contributed by atoms with E-state index in [-0.39, 0.29) is 24.9 Å². The number of rotatable bonds is 8. The van der Waals surface area contributed by atoms with Gasteiger partial charge in [0.25, 0.3) is 0 Å². The second-order valence-corrected chi connectivity index (χ2v) is 7.31. The van der Waals surface area contributed by atoms with E-state index in [2.05, 4.69) is 5.16 Å². The fraction of sp³-hybridized carbons (Fsp3) is 0.391. The van der Waals surface area contributed by atoms with Crippen molar-refractivity contribution in [1.29, 1.82) is 0 Å². The molecule has 2 aromatic rings. The number of carbonyl (C=O) groups is 1. The first-order valence-corrected chi connectivity index (χ1v) is 9.99. The molecule has 1 saturated heterocycles. The molecular weight excluding hydrogens is 411 g/mol. The zero-order valence-electron chi connectivity index (χ0n) is 17.2. The van der Waals surface area contributed by atoms with Crippen molar-refractivity contribution in [2.24, 2.45) is 11.1 Å². The van der Waals surface area contributed by atoms with E-state index in [4.69, 9.17) is 14.3 Å². The Balaban J connectivity index is 1.47. The van der Waals surface area contributed by atoms with Gasteiger partial charge in [-0.3, -0.25) is 4.79 Å². The fourth-order valence-electron chi connectivity index (χ4n) is 3.13. The lowest BCUT2D eigenvalue weighted by Crippen LogP contribution is -2.27. The van der Waals surface area contributed by atoms with Crippen LogP contribution in [0.4, 0.5) is 13.2 Å². The van der Waals surface area contributed by atoms with Crippen LogP contribution in [0.5, 0.6) is 5.75 Å². The molecule has 31 heavy (non-hydrogen) atoms. The van der Waals surface area contributed by atoms with Crippen molar-refractivity contribution in [3.63, 3.8) is 0 Å². The summed E-state index contributed by atoms with van der Waals surface area (Å²) >= 11 is 0. The van der Waals surface area contributed by atoms with Gasteiger partial charge in [-0.15, -0.1) is 0 Å². The van der Waals surface area contributed by atoms with Crippen LogP contribution < -0.4 is 4.74 Å². The van der Waals surface area contributed by atoms with E-state index < -0.39 is 11.7 Å². The standard InChI is InChI=1S/C23H24F3NO4/c1-16(27-31-14-17-2-6-20(7-3-17)23(24,25)26)18-4-8-21(9-5-18)30-15-22(28)19-10-12-29-13-11-19/h2-9,19H,10-15H2,1H3/b27-16+. The topological polar surface area (TPSA) is 57.1 Å². The molecular formula is C23H24F3NO4. The number of alkyl halides is 3. The Morgan fingerprint density at radius 1 is 1.06 bits per heavy atom. The highest BCUT2D eigenvalue weighted by Gasteiger charge is 2.29. The van der Waals surface area contributed by atoms with Crippen LogP contribution in [-0.4, -0.2) is 31.3 Å². The van der Waals surface area contributed by atoms with E-state index in [0.717, 1.165) is 30.5 Å². The molecule has 1 aliphatic heterocycles. The Hall–Kier alpha value is -2.87. The first kappa shape index (κ1) is 22.8. The fourth-order valence-corrected chi connectivity index (χ4v) is 3.13. The third kappa shape index (κ3) is 6.82. The molecule has 0 amide bonds. The van der Waals surface area contributed by atoms with Crippen LogP contribution >= 0.6 is 0 Å². The van der Waals surface area contributed by atoms with E-state index in [1.807, 2.05) is 0 Å². The van der Waals surface area contributed by atoms with Crippen molar-refractivity contribution < 1.29 is 32.3 Å². The number of hydrogen-bond donors (Lipinski definition) is 0. The SMILES string of the molecule is C/C(=N\OCc1ccc(C(F)(F)F)cc1)c1ccc(OCC(=O)C2CCOCC2)cc1. The minimum atomic E-state index is -4.36. The van der Waals surface area contributed by atoms with Crippen molar-refractivity contribution in [3.8, 4) is 5.75 Å². The number of hydrogen-bond acceptors (Lipinski definition) is 5. The van der Waals surface area contributed by atoms with E-state index >= 15 is 0 Å². The molecule has 166 valence electrons. The maximum atomic E-state index is 12.6. The van der Waals surface area contributed by atoms with Crippen LogP contribution in [0.15, 0.2) is 53.7 Å². The predicted molar refractivity (Wildman–Crippen MR) is 109 cm³/mol. The molecule has 3 rings (SSSR count). The number of oxime groups is 1. The monoisotopic (exact) mass is 435 g/mol. The smallest absolute Gasteiger partial charge is 0.416 e. The average Bonchev–Trinajstić information content (AvgIpc) is 2.78. The van der Waals surface area contributed by atoms with Crippen molar-refractivity contribution in [2.45, 2.75) is 32.5 Å². The Morgan fingerprint density at radius 3 is 2.32 bits per heavy atom. The number of benzene rings is 2. The van der Waals surface area contributed by atoms with Gasteiger partial charge in [-0.1, -0.05) is 17.3 Å². The maximum absolute atomic E-state index is 12.6. The van der Waals surface area contributed by atoms with Gasteiger partial charge < -0.3 is 14.3 Å². The van der Waals surface area contributed by atoms with Gasteiger partial charge in [-0.25, -0.2) is 0 Å². The van der Waals surface area contributed by atoms with Gasteiger partial charge in [0.15, 0.2) is 5.78 Å². The van der Waals surface area contributed by atoms with Gasteiger partial charge in [-0.2, -0.15) is 13.2 Å². The molecule has 0 atom stereocenters. The number of Topliss-reactive ketones (excluding diaryl/α,β-unsaturated/α-hetero) is 1. The molecule has 0 aliphatic carbocycles. The summed E-state index contributed by atoms with van der Waals surface area (Å²) < 4.78 is 48.6. The van der Waals surface area contributed by atoms with E-state index in [1.54, 1.807) is 31.2 Å². The number of ketones is 1. The summed E-state index contributed by atoms with van der Waals surface area (Å²) in [6.07, 6.45) is -2.88. The lowest BCUT2D eigenvalue weighted by Gasteiger charge is -2.20. The normalized spacial score (nSPS) is 15.5. The first-order chi connectivity index (χ1) is 14.8. The summed E-state index contributed by atoms with van der Waals surface area (Å²) in [5.74, 6) is 0.675. The second kappa shape index (κ2) is 10.4. The minimum absolute atomic E-state index is 0.00390. The molecule has 0 spiro atoms. The van der Waals surface area contributed by atoms with Gasteiger partial charge in [-0.05, 0) is 67.3 Å². The van der Waals surface area contributed by atoms with Crippen molar-refractivity contribution >= 4 is 11.5 Å². The molecule has 0 saturated carbocycles. The van der Waals surface area contributed by atoms with Gasteiger partial charge in [0.2, 0.25) is 0 Å². The van der Waals surface area contributed by atoms with Crippen LogP contribution in [0.1, 0.15) is 36.5 Å². The molecule has 0 unspecified atom stereocenters. The van der Waals surface area contributed by atoms with Crippen molar-refractivity contribution in [2.75, 3.05) is 19.8 Å². The van der Waals surface area contributed by atoms with E-state index in [9.17, 15) is 18.0 Å². The molecule has 0 bridgehead atoms. The summed E-state index contributed by atoms with van der Waals surface area (Å²) in [7, 11) is 0. The summed E-state index contributed by atoms with van der Waals surface area (Å²) in [5, 5.41) is 4.01. The van der Waals surface area contributed by atoms with Crippen LogP contribution in [0, 0.1) is 5.92 Å². The van der Waals surface area contributed by atoms with Gasteiger partial charge >= 0.3 is 6.18 Å². The van der Waals surface area contributed by atoms with Crippen LogP contribution in [0.25, 0.3) is 0 Å². The zero-order valence-corrected chi connectivity index (χ0v) is 17.2. The molecule has 0 radical (unpaired) electrons. The predicted octanol–water partition coefficient (Wildman–Crippen LogP) is 5.02. The zero-order chi connectivity index (χ0) is 22.3. The second-order valence-electron chi connectivity index (χ2n) is 7.31. The molecule has 5 nitrogen and oxygen atoms in total. The Bertz CT molecular complexity index is 887. The van der Waals surface area contributed by atoms with Gasteiger partial charge in [0, 0.05) is 19.1 Å². The molecule has 0 N–H and O–H groups in total. The van der Waals surface area contributed by atoms with Gasteiger partial charge in [0.1, 0.15) is 19.0 Å². The summed E-state index contributed by atoms with van der Waals surface area (Å²) in [4.78, 5) is 17.4. The lowest BCUT2D eigenvalue weighted by atomic mass is 9.96. The highest BCUT2D eigenvalue weighted by Crippen LogP contribution is 2.29. The number of ether oxygens (including phenoxy) is 2. The molecule has 8 heteroatoms. The molecule has 1 fully saturated rings. The number of nitrogens with zero attached hydrogens (tertiary/aromatic N) is 1. The van der Waals surface area contributed by atoms with E-state index in [0.29, 0.717) is 30.2 Å². The highest BCUT2D eigenvalue weighted by atomic mass is 19.4. The Labute approximate surface area is 178 Å². The van der Waals surface area contributed by atoms with Crippen molar-refractivity contribution in [3.05, 3.63) is 65.2 Å². The third-order valence-electron chi connectivity index (χ3n) is 5.04. The first-order valence-electron chi connectivity index (χ1n) is 9.99. The highest BCUT2D eigenvalue weighted by molar-refractivity contribution is 5.98. The van der Waals surface area contributed by atoms with Crippen LogP contribution in [0.2, 0.25) is 0 Å². The molecule has 0 aromatic heterocycles. The third-order valence-corrected chi connectivity index (χ3v) is 5.04. The molecule has 1 heterocycles. The molecule has 1 aliphatic rings. The van der Waals surface area contributed by atoms with E-state index in [1.165, 1.54) is 12.1 Å². The quantitative estimate of drug-likeness (QED) is 0.432. The lowest BCUT2D eigenvalue weighted by molar-refractivity contribution is -0.137. The number of carbonyl (C=O) groups excluding carboxylic acids is 1. The van der Waals surface area contributed by atoms with Gasteiger partial charge in [0.05, 0.1) is 11.3 Å². The number of halogens is 3. The summed E-state index contributed by atoms with van der Waals surface area (Å²) in [6.45, 7) is 3.09. The summed E-state index contributed by atoms with van der Waals surface area (Å²) in [6, 6.07) is 11.9. The minimum Gasteiger partial charge on any atom is -0.486 e.